The summed E-state index contributed by atoms with van der Waals surface area (Å²) in [6.45, 7) is 1.72. The lowest BCUT2D eigenvalue weighted by Gasteiger charge is -2.15. The fraction of sp³-hybridized carbons (Fsp3) is 0.211. The number of nitrogens with one attached hydrogen (secondary N) is 2. The molecular weight excluding hydrogens is 418 g/mol. The van der Waals surface area contributed by atoms with E-state index in [0.29, 0.717) is 16.8 Å². The van der Waals surface area contributed by atoms with Crippen LogP contribution in [-0.4, -0.2) is 34.1 Å². The maximum Gasteiger partial charge on any atom is 0.181 e. The summed E-state index contributed by atoms with van der Waals surface area (Å²) < 4.78 is 30.0. The van der Waals surface area contributed by atoms with E-state index in [1.165, 1.54) is 18.5 Å². The quantitative estimate of drug-likeness (QED) is 0.449. The number of nitrogens with zero attached hydrogens (tertiary/aromatic N) is 3. The summed E-state index contributed by atoms with van der Waals surface area (Å²) in [7, 11) is 0. The zero-order valence-corrected chi connectivity index (χ0v) is 16.5. The van der Waals surface area contributed by atoms with E-state index in [1.54, 1.807) is 6.07 Å². The van der Waals surface area contributed by atoms with Gasteiger partial charge in [0.15, 0.2) is 10.9 Å². The van der Waals surface area contributed by atoms with Crippen molar-refractivity contribution in [1.29, 1.82) is 0 Å². The van der Waals surface area contributed by atoms with E-state index in [1.807, 2.05) is 0 Å². The van der Waals surface area contributed by atoms with Crippen molar-refractivity contribution in [3.63, 3.8) is 0 Å². The van der Waals surface area contributed by atoms with Crippen LogP contribution in [0, 0.1) is 11.6 Å². The van der Waals surface area contributed by atoms with Crippen LogP contribution in [0.2, 0.25) is 5.02 Å². The summed E-state index contributed by atoms with van der Waals surface area (Å²) in [4.78, 5) is 12.6. The molecule has 0 spiro atoms. The lowest BCUT2D eigenvalue weighted by molar-refractivity contribution is 0.638. The monoisotopic (exact) mass is 432 g/mol. The molecule has 1 fully saturated rings. The van der Waals surface area contributed by atoms with Crippen molar-refractivity contribution in [2.75, 3.05) is 24.1 Å². The maximum atomic E-state index is 15.6. The lowest BCUT2D eigenvalue weighted by Crippen LogP contribution is -2.22. The minimum absolute atomic E-state index is 0.113. The molecule has 148 valence electrons. The number of rotatable bonds is 3. The zero-order valence-electron chi connectivity index (χ0n) is 15.0. The minimum Gasteiger partial charge on any atom is -0.375 e. The van der Waals surface area contributed by atoms with Crippen molar-refractivity contribution in [2.45, 2.75) is 12.5 Å². The molecule has 0 bridgehead atoms. The number of aromatic nitrogens is 3. The number of hydrogen-bond donors (Lipinski definition) is 3. The molecule has 4 N–H and O–H groups in total. The van der Waals surface area contributed by atoms with Crippen molar-refractivity contribution in [2.24, 2.45) is 0 Å². The average molecular weight is 433 g/mol. The number of fused-ring (bicyclic) bond motifs is 2. The molecule has 3 heterocycles. The Morgan fingerprint density at radius 2 is 2.10 bits per heavy atom. The summed E-state index contributed by atoms with van der Waals surface area (Å²) in [5, 5.41) is 7.44. The number of halogens is 3. The van der Waals surface area contributed by atoms with E-state index in [9.17, 15) is 4.39 Å². The van der Waals surface area contributed by atoms with Crippen LogP contribution in [0.4, 0.5) is 19.7 Å². The smallest absolute Gasteiger partial charge is 0.181 e. The summed E-state index contributed by atoms with van der Waals surface area (Å²) in [5.41, 5.74) is 6.64. The first-order chi connectivity index (χ1) is 14.0. The average Bonchev–Trinajstić information content (AvgIpc) is 3.34. The first kappa shape index (κ1) is 18.4. The molecule has 5 rings (SSSR count). The number of anilines is 2. The molecule has 4 aromatic rings. The van der Waals surface area contributed by atoms with Gasteiger partial charge in [-0.15, -0.1) is 0 Å². The number of nitrogens with two attached hydrogens (primary N) is 1. The fourth-order valence-corrected chi connectivity index (χ4v) is 4.71. The summed E-state index contributed by atoms with van der Waals surface area (Å²) in [5.74, 6) is -0.547. The van der Waals surface area contributed by atoms with Gasteiger partial charge in [-0.05, 0) is 31.2 Å². The van der Waals surface area contributed by atoms with Crippen LogP contribution >= 0.6 is 22.9 Å². The van der Waals surface area contributed by atoms with Gasteiger partial charge in [-0.3, -0.25) is 0 Å². The molecule has 1 saturated heterocycles. The molecule has 29 heavy (non-hydrogen) atoms. The van der Waals surface area contributed by atoms with Gasteiger partial charge in [0.25, 0.3) is 0 Å². The van der Waals surface area contributed by atoms with E-state index < -0.39 is 11.6 Å². The van der Waals surface area contributed by atoms with Gasteiger partial charge in [-0.1, -0.05) is 22.9 Å². The Morgan fingerprint density at radius 1 is 1.24 bits per heavy atom. The second kappa shape index (κ2) is 7.01. The first-order valence-corrected chi connectivity index (χ1v) is 10.2. The van der Waals surface area contributed by atoms with Gasteiger partial charge in [-0.2, -0.15) is 0 Å². The van der Waals surface area contributed by atoms with Gasteiger partial charge in [0.05, 0.1) is 15.2 Å². The van der Waals surface area contributed by atoms with Crippen molar-refractivity contribution in [3.8, 4) is 11.1 Å². The summed E-state index contributed by atoms with van der Waals surface area (Å²) in [6.07, 6.45) is 2.26. The van der Waals surface area contributed by atoms with Crippen molar-refractivity contribution in [3.05, 3.63) is 41.2 Å². The van der Waals surface area contributed by atoms with Gasteiger partial charge >= 0.3 is 0 Å². The zero-order chi connectivity index (χ0) is 20.1. The highest BCUT2D eigenvalue weighted by molar-refractivity contribution is 7.22. The molecule has 10 heteroatoms. The molecule has 2 aromatic carbocycles. The standard InChI is InChI=1S/C19H15ClF2N6S/c20-11-5-10-15(25-7-26-18(10)27-8-3-4-24-6-8)14(22)13(11)9-1-2-12(21)17-16(9)28-19(23)29-17/h1-2,5,7-8,24H,3-4,6H2,(H2,23,28)(H,25,26,27). The van der Waals surface area contributed by atoms with Crippen LogP contribution in [0.15, 0.2) is 24.5 Å². The Kier molecular flexibility index (Phi) is 4.45. The van der Waals surface area contributed by atoms with Gasteiger partial charge < -0.3 is 16.4 Å². The van der Waals surface area contributed by atoms with Crippen LogP contribution in [0.3, 0.4) is 0 Å². The fourth-order valence-electron chi connectivity index (χ4n) is 3.66. The molecule has 0 aliphatic carbocycles. The molecular formula is C19H15ClF2N6S. The minimum atomic E-state index is -0.609. The van der Waals surface area contributed by atoms with Crippen LogP contribution in [0.25, 0.3) is 32.2 Å². The topological polar surface area (TPSA) is 88.8 Å². The van der Waals surface area contributed by atoms with E-state index >= 15 is 4.39 Å². The Balaban J connectivity index is 1.71. The second-order valence-electron chi connectivity index (χ2n) is 6.82. The molecule has 1 unspecified atom stereocenters. The normalized spacial score (nSPS) is 16.7. The van der Waals surface area contributed by atoms with Gasteiger partial charge in [0.1, 0.15) is 23.5 Å². The Bertz CT molecular complexity index is 1250. The third-order valence-electron chi connectivity index (χ3n) is 5.00. The molecule has 0 saturated carbocycles. The Labute approximate surface area is 173 Å². The molecule has 0 amide bonds. The van der Waals surface area contributed by atoms with Crippen LogP contribution < -0.4 is 16.4 Å². The van der Waals surface area contributed by atoms with Crippen molar-refractivity contribution >= 4 is 55.0 Å². The van der Waals surface area contributed by atoms with Crippen LogP contribution in [0.5, 0.6) is 0 Å². The van der Waals surface area contributed by atoms with Crippen molar-refractivity contribution in [1.82, 2.24) is 20.3 Å². The van der Waals surface area contributed by atoms with Crippen LogP contribution in [-0.2, 0) is 0 Å². The largest absolute Gasteiger partial charge is 0.375 e. The van der Waals surface area contributed by atoms with Crippen molar-refractivity contribution < 1.29 is 8.78 Å². The second-order valence-corrected chi connectivity index (χ2v) is 8.26. The van der Waals surface area contributed by atoms with E-state index in [-0.39, 0.29) is 37.5 Å². The van der Waals surface area contributed by atoms with Gasteiger partial charge in [-0.25, -0.2) is 23.7 Å². The number of hydrogen-bond acceptors (Lipinski definition) is 7. The van der Waals surface area contributed by atoms with Gasteiger partial charge in [0.2, 0.25) is 0 Å². The first-order valence-electron chi connectivity index (χ1n) is 8.98. The third-order valence-corrected chi connectivity index (χ3v) is 6.19. The highest BCUT2D eigenvalue weighted by atomic mass is 35.5. The molecule has 1 aliphatic heterocycles. The Hall–Kier alpha value is -2.62. The summed E-state index contributed by atoms with van der Waals surface area (Å²) in [6, 6.07) is 4.54. The molecule has 2 aromatic heterocycles. The highest BCUT2D eigenvalue weighted by Gasteiger charge is 2.23. The summed E-state index contributed by atoms with van der Waals surface area (Å²) >= 11 is 7.50. The third kappa shape index (κ3) is 3.06. The molecule has 1 atom stereocenters. The predicted molar refractivity (Wildman–Crippen MR) is 112 cm³/mol. The maximum absolute atomic E-state index is 15.6. The van der Waals surface area contributed by atoms with Crippen LogP contribution in [0.1, 0.15) is 6.42 Å². The molecule has 6 nitrogen and oxygen atoms in total. The Morgan fingerprint density at radius 3 is 2.90 bits per heavy atom. The number of benzene rings is 2. The van der Waals surface area contributed by atoms with E-state index in [4.69, 9.17) is 17.3 Å². The van der Waals surface area contributed by atoms with E-state index in [2.05, 4.69) is 25.6 Å². The number of thiazole rings is 1. The highest BCUT2D eigenvalue weighted by Crippen LogP contribution is 2.41. The van der Waals surface area contributed by atoms with E-state index in [0.717, 1.165) is 30.8 Å². The predicted octanol–water partition coefficient (Wildman–Crippen LogP) is 4.19. The van der Waals surface area contributed by atoms with Gasteiger partial charge in [0, 0.05) is 29.1 Å². The number of nitrogen functional groups attached to an aromatic ring is 1. The lowest BCUT2D eigenvalue weighted by atomic mass is 10.0. The molecule has 0 radical (unpaired) electrons. The SMILES string of the molecule is Nc1nc2c(-c3c(Cl)cc4c(NC5CCNC5)ncnc4c3F)ccc(F)c2s1. The molecule has 1 aliphatic rings.